The lowest BCUT2D eigenvalue weighted by Crippen LogP contribution is -2.41. The number of fused-ring (bicyclic) bond motifs is 1. The molecule has 1 aliphatic heterocycles. The number of nitrogens with one attached hydrogen (secondary N) is 2. The summed E-state index contributed by atoms with van der Waals surface area (Å²) in [5.74, 6) is 0.680. The molecule has 0 spiro atoms. The Morgan fingerprint density at radius 2 is 1.72 bits per heavy atom. The molecule has 0 fully saturated rings. The van der Waals surface area contributed by atoms with Gasteiger partial charge in [0.1, 0.15) is 13.2 Å². The molecule has 2 N–H and O–H groups in total. The van der Waals surface area contributed by atoms with Crippen molar-refractivity contribution in [2.75, 3.05) is 18.5 Å². The van der Waals surface area contributed by atoms with E-state index in [0.717, 1.165) is 0 Å². The maximum Gasteiger partial charge on any atom is 0.242 e. The van der Waals surface area contributed by atoms with Gasteiger partial charge in [-0.3, -0.25) is 4.79 Å². The summed E-state index contributed by atoms with van der Waals surface area (Å²) < 4.78 is 37.8. The quantitative estimate of drug-likeness (QED) is 0.845. The Labute approximate surface area is 146 Å². The van der Waals surface area contributed by atoms with Crippen molar-refractivity contribution in [1.82, 2.24) is 4.72 Å². The van der Waals surface area contributed by atoms with Crippen molar-refractivity contribution in [2.24, 2.45) is 0 Å². The van der Waals surface area contributed by atoms with Crippen LogP contribution < -0.4 is 19.5 Å². The minimum atomic E-state index is -3.77. The Hall–Kier alpha value is -2.58. The molecule has 1 amide bonds. The molecular formula is C17H18N2O5S. The average Bonchev–Trinajstić information content (AvgIpc) is 2.62. The van der Waals surface area contributed by atoms with E-state index in [1.807, 2.05) is 0 Å². The summed E-state index contributed by atoms with van der Waals surface area (Å²) in [6.45, 7) is 2.41. The van der Waals surface area contributed by atoms with Crippen molar-refractivity contribution in [3.05, 3.63) is 48.5 Å². The van der Waals surface area contributed by atoms with Gasteiger partial charge in [-0.25, -0.2) is 8.42 Å². The zero-order valence-electron chi connectivity index (χ0n) is 13.6. The first kappa shape index (κ1) is 17.2. The summed E-state index contributed by atoms with van der Waals surface area (Å²) in [4.78, 5) is 12.4. The molecule has 1 atom stereocenters. The number of amides is 1. The molecule has 0 aliphatic carbocycles. The molecular weight excluding hydrogens is 344 g/mol. The Kier molecular flexibility index (Phi) is 4.91. The molecule has 0 unspecified atom stereocenters. The fourth-order valence-corrected chi connectivity index (χ4v) is 3.55. The number of ether oxygens (including phenoxy) is 2. The lowest BCUT2D eigenvalue weighted by Gasteiger charge is -2.19. The molecule has 2 aromatic carbocycles. The first-order chi connectivity index (χ1) is 12.0. The van der Waals surface area contributed by atoms with E-state index in [9.17, 15) is 13.2 Å². The van der Waals surface area contributed by atoms with Crippen molar-refractivity contribution in [1.29, 1.82) is 0 Å². The van der Waals surface area contributed by atoms with Gasteiger partial charge in [0, 0.05) is 11.8 Å². The molecule has 0 saturated heterocycles. The van der Waals surface area contributed by atoms with Crippen molar-refractivity contribution in [3.8, 4) is 11.5 Å². The van der Waals surface area contributed by atoms with Gasteiger partial charge in [-0.15, -0.1) is 0 Å². The third-order valence-electron chi connectivity index (χ3n) is 3.59. The van der Waals surface area contributed by atoms with Crippen molar-refractivity contribution in [2.45, 2.75) is 17.9 Å². The van der Waals surface area contributed by atoms with Crippen LogP contribution in [0.1, 0.15) is 6.92 Å². The van der Waals surface area contributed by atoms with E-state index in [1.54, 1.807) is 36.4 Å². The molecule has 3 rings (SSSR count). The van der Waals surface area contributed by atoms with E-state index in [2.05, 4.69) is 10.0 Å². The molecule has 0 radical (unpaired) electrons. The summed E-state index contributed by atoms with van der Waals surface area (Å²) in [7, 11) is -3.77. The minimum absolute atomic E-state index is 0.106. The Balaban J connectivity index is 1.67. The normalized spacial score (nSPS) is 14.6. The van der Waals surface area contributed by atoms with Gasteiger partial charge in [0.25, 0.3) is 0 Å². The average molecular weight is 362 g/mol. The minimum Gasteiger partial charge on any atom is -0.486 e. The highest BCUT2D eigenvalue weighted by Crippen LogP contribution is 2.32. The molecule has 7 nitrogen and oxygen atoms in total. The number of benzene rings is 2. The number of hydrogen-bond acceptors (Lipinski definition) is 5. The second-order valence-corrected chi connectivity index (χ2v) is 7.22. The van der Waals surface area contributed by atoms with Gasteiger partial charge < -0.3 is 14.8 Å². The third kappa shape index (κ3) is 4.09. The summed E-state index contributed by atoms with van der Waals surface area (Å²) >= 11 is 0. The summed E-state index contributed by atoms with van der Waals surface area (Å²) in [6, 6.07) is 12.0. The molecule has 132 valence electrons. The van der Waals surface area contributed by atoms with E-state index in [4.69, 9.17) is 9.47 Å². The molecule has 1 aliphatic rings. The van der Waals surface area contributed by atoms with Gasteiger partial charge in [-0.2, -0.15) is 4.72 Å². The van der Waals surface area contributed by atoms with Crippen molar-refractivity contribution < 1.29 is 22.7 Å². The molecule has 0 saturated carbocycles. The van der Waals surface area contributed by atoms with Crippen LogP contribution in [-0.2, 0) is 14.8 Å². The zero-order valence-corrected chi connectivity index (χ0v) is 14.4. The first-order valence-electron chi connectivity index (χ1n) is 7.73. The maximum atomic E-state index is 12.3. The Morgan fingerprint density at radius 1 is 1.04 bits per heavy atom. The van der Waals surface area contributed by atoms with Crippen LogP contribution in [0.5, 0.6) is 11.5 Å². The highest BCUT2D eigenvalue weighted by molar-refractivity contribution is 7.89. The van der Waals surface area contributed by atoms with E-state index in [1.165, 1.54) is 19.1 Å². The third-order valence-corrected chi connectivity index (χ3v) is 5.15. The van der Waals surface area contributed by atoms with E-state index in [0.29, 0.717) is 30.4 Å². The SMILES string of the molecule is C[C@@H](NS(=O)(=O)c1ccccc1)C(=O)Nc1ccc2c(c1)OCCO2. The molecule has 0 aromatic heterocycles. The van der Waals surface area contributed by atoms with Gasteiger partial charge in [0.2, 0.25) is 15.9 Å². The second kappa shape index (κ2) is 7.12. The predicted octanol–water partition coefficient (Wildman–Crippen LogP) is 1.76. The monoisotopic (exact) mass is 362 g/mol. The fourth-order valence-electron chi connectivity index (χ4n) is 2.33. The predicted molar refractivity (Wildman–Crippen MR) is 92.3 cm³/mol. The number of hydrogen-bond donors (Lipinski definition) is 2. The number of carbonyl (C=O) groups excluding carboxylic acids is 1. The van der Waals surface area contributed by atoms with Gasteiger partial charge >= 0.3 is 0 Å². The zero-order chi connectivity index (χ0) is 17.9. The molecule has 1 heterocycles. The lowest BCUT2D eigenvalue weighted by atomic mass is 10.2. The standard InChI is InChI=1S/C17H18N2O5S/c1-12(19-25(21,22)14-5-3-2-4-6-14)17(20)18-13-7-8-15-16(11-13)24-10-9-23-15/h2-8,11-12,19H,9-10H2,1H3,(H,18,20)/t12-/m1/s1. The van der Waals surface area contributed by atoms with Gasteiger partial charge in [-0.1, -0.05) is 18.2 Å². The number of carbonyl (C=O) groups is 1. The van der Waals surface area contributed by atoms with E-state index >= 15 is 0 Å². The lowest BCUT2D eigenvalue weighted by molar-refractivity contribution is -0.117. The van der Waals surface area contributed by atoms with Crippen LogP contribution >= 0.6 is 0 Å². The van der Waals surface area contributed by atoms with Crippen LogP contribution in [0.2, 0.25) is 0 Å². The largest absolute Gasteiger partial charge is 0.486 e. The van der Waals surface area contributed by atoms with Crippen LogP contribution in [-0.4, -0.2) is 33.6 Å². The highest BCUT2D eigenvalue weighted by atomic mass is 32.2. The molecule has 8 heteroatoms. The van der Waals surface area contributed by atoms with Gasteiger partial charge in [-0.05, 0) is 31.2 Å². The molecule has 25 heavy (non-hydrogen) atoms. The topological polar surface area (TPSA) is 93.7 Å². The fraction of sp³-hybridized carbons (Fsp3) is 0.235. The summed E-state index contributed by atoms with van der Waals surface area (Å²) in [5.41, 5.74) is 0.500. The van der Waals surface area contributed by atoms with E-state index < -0.39 is 22.0 Å². The van der Waals surface area contributed by atoms with Crippen LogP contribution in [0, 0.1) is 0 Å². The van der Waals surface area contributed by atoms with Crippen LogP contribution in [0.3, 0.4) is 0 Å². The van der Waals surface area contributed by atoms with Crippen LogP contribution in [0.15, 0.2) is 53.4 Å². The number of rotatable bonds is 5. The Bertz CT molecular complexity index is 868. The van der Waals surface area contributed by atoms with Crippen LogP contribution in [0.25, 0.3) is 0 Å². The Morgan fingerprint density at radius 3 is 2.44 bits per heavy atom. The highest BCUT2D eigenvalue weighted by Gasteiger charge is 2.22. The number of sulfonamides is 1. The number of anilines is 1. The van der Waals surface area contributed by atoms with Crippen LogP contribution in [0.4, 0.5) is 5.69 Å². The smallest absolute Gasteiger partial charge is 0.242 e. The molecule has 0 bridgehead atoms. The van der Waals surface area contributed by atoms with Crippen molar-refractivity contribution in [3.63, 3.8) is 0 Å². The second-order valence-electron chi connectivity index (χ2n) is 5.50. The van der Waals surface area contributed by atoms with E-state index in [-0.39, 0.29) is 4.90 Å². The van der Waals surface area contributed by atoms with Crippen molar-refractivity contribution >= 4 is 21.6 Å². The maximum absolute atomic E-state index is 12.3. The first-order valence-corrected chi connectivity index (χ1v) is 9.22. The summed E-state index contributed by atoms with van der Waals surface area (Å²) in [6.07, 6.45) is 0. The summed E-state index contributed by atoms with van der Waals surface area (Å²) in [5, 5.41) is 2.66. The van der Waals surface area contributed by atoms with Gasteiger partial charge in [0.15, 0.2) is 11.5 Å². The molecule has 2 aromatic rings. The van der Waals surface area contributed by atoms with Gasteiger partial charge in [0.05, 0.1) is 10.9 Å².